The molecule has 0 radical (unpaired) electrons. The number of rotatable bonds is 4. The van der Waals surface area contributed by atoms with Gasteiger partial charge in [0, 0.05) is 26.2 Å². The lowest BCUT2D eigenvalue weighted by molar-refractivity contribution is -0.383. The molecule has 0 aliphatic carbocycles. The summed E-state index contributed by atoms with van der Waals surface area (Å²) in [7, 11) is 0. The molecule has 1 amide bonds. The number of ether oxygens (including phenoxy) is 1. The lowest BCUT2D eigenvalue weighted by Crippen LogP contribution is -2.49. The van der Waals surface area contributed by atoms with E-state index in [0.29, 0.717) is 38.5 Å². The van der Waals surface area contributed by atoms with Gasteiger partial charge in [0.25, 0.3) is 0 Å². The number of nitrogen functional groups attached to an aromatic ring is 1. The number of nitro groups is 1. The molecule has 2 N–H and O–H groups in total. The number of hydrogen-bond donors (Lipinski definition) is 1. The molecule has 0 aromatic heterocycles. The van der Waals surface area contributed by atoms with Gasteiger partial charge in [0.1, 0.15) is 11.4 Å². The average molecular weight is 322 g/mol. The van der Waals surface area contributed by atoms with E-state index in [1.165, 1.54) is 6.07 Å². The van der Waals surface area contributed by atoms with Gasteiger partial charge in [-0.25, -0.2) is 4.79 Å². The summed E-state index contributed by atoms with van der Waals surface area (Å²) < 4.78 is 5.21. The molecule has 1 fully saturated rings. The van der Waals surface area contributed by atoms with E-state index in [2.05, 4.69) is 0 Å². The zero-order valence-electron chi connectivity index (χ0n) is 13.4. The van der Waals surface area contributed by atoms with Crippen LogP contribution in [0.4, 0.5) is 21.9 Å². The Bertz CT molecular complexity index is 583. The first-order chi connectivity index (χ1) is 10.9. The number of carbonyl (C=O) groups excluding carboxylic acids is 1. The summed E-state index contributed by atoms with van der Waals surface area (Å²) in [6, 6.07) is 4.89. The van der Waals surface area contributed by atoms with E-state index >= 15 is 0 Å². The summed E-state index contributed by atoms with van der Waals surface area (Å²) in [5, 5.41) is 11.2. The number of para-hydroxylation sites is 1. The molecule has 0 saturated carbocycles. The third-order valence-corrected chi connectivity index (χ3v) is 3.65. The fourth-order valence-electron chi connectivity index (χ4n) is 2.46. The predicted octanol–water partition coefficient (Wildman–Crippen LogP) is 2.09. The van der Waals surface area contributed by atoms with Crippen molar-refractivity contribution < 1.29 is 14.5 Å². The molecule has 0 spiro atoms. The van der Waals surface area contributed by atoms with Crippen LogP contribution < -0.4 is 10.6 Å². The molecule has 2 rings (SSSR count). The summed E-state index contributed by atoms with van der Waals surface area (Å²) in [4.78, 5) is 26.2. The minimum atomic E-state index is -0.464. The van der Waals surface area contributed by atoms with Crippen molar-refractivity contribution >= 4 is 23.2 Å². The Labute approximate surface area is 134 Å². The van der Waals surface area contributed by atoms with Crippen molar-refractivity contribution in [2.75, 3.05) is 43.4 Å². The highest BCUT2D eigenvalue weighted by molar-refractivity contribution is 5.76. The maximum atomic E-state index is 11.9. The molecule has 23 heavy (non-hydrogen) atoms. The Morgan fingerprint density at radius 3 is 2.57 bits per heavy atom. The minimum absolute atomic E-state index is 0.0802. The first-order valence-electron chi connectivity index (χ1n) is 7.59. The van der Waals surface area contributed by atoms with Gasteiger partial charge in [-0.15, -0.1) is 0 Å². The fraction of sp³-hybridized carbons (Fsp3) is 0.533. The highest BCUT2D eigenvalue weighted by Gasteiger charge is 2.27. The van der Waals surface area contributed by atoms with Crippen molar-refractivity contribution in [3.63, 3.8) is 0 Å². The van der Waals surface area contributed by atoms with Crippen molar-refractivity contribution in [2.24, 2.45) is 5.92 Å². The van der Waals surface area contributed by atoms with Crippen molar-refractivity contribution in [2.45, 2.75) is 13.8 Å². The number of nitro benzene ring substituents is 1. The topological polar surface area (TPSA) is 102 Å². The third-order valence-electron chi connectivity index (χ3n) is 3.65. The van der Waals surface area contributed by atoms with Gasteiger partial charge < -0.3 is 20.3 Å². The fourth-order valence-corrected chi connectivity index (χ4v) is 2.46. The van der Waals surface area contributed by atoms with Crippen molar-refractivity contribution in [3.8, 4) is 0 Å². The molecule has 0 unspecified atom stereocenters. The second-order valence-electron chi connectivity index (χ2n) is 5.92. The van der Waals surface area contributed by atoms with Crippen molar-refractivity contribution in [3.05, 3.63) is 28.3 Å². The van der Waals surface area contributed by atoms with Crippen LogP contribution in [0, 0.1) is 16.0 Å². The molecular formula is C15H22N4O4. The maximum Gasteiger partial charge on any atom is 0.409 e. The zero-order chi connectivity index (χ0) is 17.0. The van der Waals surface area contributed by atoms with Gasteiger partial charge in [-0.2, -0.15) is 0 Å². The second kappa shape index (κ2) is 7.17. The smallest absolute Gasteiger partial charge is 0.409 e. The maximum absolute atomic E-state index is 11.9. The summed E-state index contributed by atoms with van der Waals surface area (Å²) in [6.07, 6.45) is -0.333. The Morgan fingerprint density at radius 2 is 2.00 bits per heavy atom. The van der Waals surface area contributed by atoms with Gasteiger partial charge in [0.15, 0.2) is 0 Å². The Kier molecular flexibility index (Phi) is 5.25. The van der Waals surface area contributed by atoms with Crippen molar-refractivity contribution in [1.82, 2.24) is 4.90 Å². The molecule has 1 aliphatic rings. The third kappa shape index (κ3) is 4.02. The van der Waals surface area contributed by atoms with Crippen LogP contribution in [-0.2, 0) is 4.74 Å². The molecule has 126 valence electrons. The van der Waals surface area contributed by atoms with E-state index in [-0.39, 0.29) is 23.4 Å². The quantitative estimate of drug-likeness (QED) is 0.517. The molecule has 0 atom stereocenters. The van der Waals surface area contributed by atoms with E-state index in [1.54, 1.807) is 17.0 Å². The summed E-state index contributed by atoms with van der Waals surface area (Å²) >= 11 is 0. The van der Waals surface area contributed by atoms with Crippen LogP contribution in [0.25, 0.3) is 0 Å². The van der Waals surface area contributed by atoms with E-state index in [1.807, 2.05) is 18.7 Å². The van der Waals surface area contributed by atoms with Crippen LogP contribution >= 0.6 is 0 Å². The molecule has 1 aromatic carbocycles. The lowest BCUT2D eigenvalue weighted by atomic mass is 10.2. The molecule has 8 heteroatoms. The number of anilines is 2. The predicted molar refractivity (Wildman–Crippen MR) is 87.5 cm³/mol. The number of amides is 1. The largest absolute Gasteiger partial charge is 0.449 e. The van der Waals surface area contributed by atoms with E-state index < -0.39 is 4.92 Å². The first-order valence-corrected chi connectivity index (χ1v) is 7.59. The minimum Gasteiger partial charge on any atom is -0.449 e. The molecule has 0 bridgehead atoms. The average Bonchev–Trinajstić information content (AvgIpc) is 2.52. The Balaban J connectivity index is 2.01. The van der Waals surface area contributed by atoms with Gasteiger partial charge in [-0.1, -0.05) is 19.9 Å². The van der Waals surface area contributed by atoms with Gasteiger partial charge in [0.2, 0.25) is 0 Å². The van der Waals surface area contributed by atoms with Crippen LogP contribution in [0.2, 0.25) is 0 Å². The molecule has 1 heterocycles. The summed E-state index contributed by atoms with van der Waals surface area (Å²) in [6.45, 7) is 6.27. The highest BCUT2D eigenvalue weighted by Crippen LogP contribution is 2.34. The first kappa shape index (κ1) is 16.9. The number of nitrogens with two attached hydrogens (primary N) is 1. The standard InChI is InChI=1S/C15H22N4O4/c1-11(2)10-23-15(20)18-8-6-17(7-9-18)13-5-3-4-12(16)14(13)19(21)22/h3-5,11H,6-10,16H2,1-2H3. The normalized spacial score (nSPS) is 14.9. The van der Waals surface area contributed by atoms with Gasteiger partial charge >= 0.3 is 11.8 Å². The SMILES string of the molecule is CC(C)COC(=O)N1CCN(c2cccc(N)c2[N+](=O)[O-])CC1. The molecular weight excluding hydrogens is 300 g/mol. The lowest BCUT2D eigenvalue weighted by Gasteiger charge is -2.35. The van der Waals surface area contributed by atoms with Crippen LogP contribution in [-0.4, -0.2) is 48.7 Å². The number of nitrogens with zero attached hydrogens (tertiary/aromatic N) is 3. The number of benzene rings is 1. The molecule has 1 aliphatic heterocycles. The Morgan fingerprint density at radius 1 is 1.35 bits per heavy atom. The van der Waals surface area contributed by atoms with Gasteiger partial charge in [0.05, 0.1) is 11.5 Å². The van der Waals surface area contributed by atoms with Crippen LogP contribution in [0.3, 0.4) is 0 Å². The molecule has 1 saturated heterocycles. The number of carbonyl (C=O) groups is 1. The van der Waals surface area contributed by atoms with E-state index in [9.17, 15) is 14.9 Å². The monoisotopic (exact) mass is 322 g/mol. The van der Waals surface area contributed by atoms with Gasteiger partial charge in [-0.3, -0.25) is 10.1 Å². The molecule has 1 aromatic rings. The van der Waals surface area contributed by atoms with Crippen molar-refractivity contribution in [1.29, 1.82) is 0 Å². The number of hydrogen-bond acceptors (Lipinski definition) is 6. The number of piperazine rings is 1. The molecule has 8 nitrogen and oxygen atoms in total. The van der Waals surface area contributed by atoms with Gasteiger partial charge in [-0.05, 0) is 18.1 Å². The highest BCUT2D eigenvalue weighted by atomic mass is 16.6. The second-order valence-corrected chi connectivity index (χ2v) is 5.92. The van der Waals surface area contributed by atoms with E-state index in [4.69, 9.17) is 10.5 Å². The van der Waals surface area contributed by atoms with E-state index in [0.717, 1.165) is 0 Å². The summed E-state index contributed by atoms with van der Waals surface area (Å²) in [5.74, 6) is 0.287. The van der Waals surface area contributed by atoms with Crippen LogP contribution in [0.15, 0.2) is 18.2 Å². The Hall–Kier alpha value is -2.51. The van der Waals surface area contributed by atoms with Crippen LogP contribution in [0.5, 0.6) is 0 Å². The van der Waals surface area contributed by atoms with Crippen LogP contribution in [0.1, 0.15) is 13.8 Å². The zero-order valence-corrected chi connectivity index (χ0v) is 13.4. The summed E-state index contributed by atoms with van der Waals surface area (Å²) in [5.41, 5.74) is 6.27.